The monoisotopic (exact) mass is 367 g/mol. The number of fused-ring (bicyclic) bond motifs is 1. The van der Waals surface area contributed by atoms with Crippen LogP contribution in [-0.4, -0.2) is 11.5 Å². The van der Waals surface area contributed by atoms with Gasteiger partial charge in [-0.3, -0.25) is 10.1 Å². The number of ether oxygens (including phenoxy) is 1. The van der Waals surface area contributed by atoms with Crippen LogP contribution < -0.4 is 10.4 Å². The Morgan fingerprint density at radius 1 is 1.19 bits per heavy atom. The smallest absolute Gasteiger partial charge is 0.340 e. The Morgan fingerprint density at radius 3 is 2.67 bits per heavy atom. The highest BCUT2D eigenvalue weighted by Crippen LogP contribution is 2.26. The van der Waals surface area contributed by atoms with Crippen LogP contribution in [0, 0.1) is 23.0 Å². The van der Waals surface area contributed by atoms with Crippen molar-refractivity contribution in [2.24, 2.45) is 5.92 Å². The molecule has 1 aromatic heterocycles. The van der Waals surface area contributed by atoms with Gasteiger partial charge in [-0.2, -0.15) is 0 Å². The van der Waals surface area contributed by atoms with Gasteiger partial charge in [0.15, 0.2) is 0 Å². The summed E-state index contributed by atoms with van der Waals surface area (Å²) in [5.74, 6) is 1.05. The molecule has 0 atom stereocenters. The molecule has 3 rings (SSSR count). The lowest BCUT2D eigenvalue weighted by molar-refractivity contribution is -0.384. The molecule has 1 heterocycles. The van der Waals surface area contributed by atoms with Gasteiger partial charge in [-0.1, -0.05) is 26.0 Å². The van der Waals surface area contributed by atoms with E-state index < -0.39 is 10.5 Å². The van der Waals surface area contributed by atoms with E-state index in [4.69, 9.17) is 9.15 Å². The average molecular weight is 367 g/mol. The van der Waals surface area contributed by atoms with Gasteiger partial charge in [0.1, 0.15) is 11.3 Å². The van der Waals surface area contributed by atoms with Crippen molar-refractivity contribution in [3.63, 3.8) is 0 Å². The summed E-state index contributed by atoms with van der Waals surface area (Å²) in [7, 11) is 0. The second-order valence-electron chi connectivity index (χ2n) is 6.96. The third kappa shape index (κ3) is 4.16. The van der Waals surface area contributed by atoms with Crippen molar-refractivity contribution in [1.29, 1.82) is 0 Å². The molecule has 3 aromatic rings. The van der Waals surface area contributed by atoms with Crippen LogP contribution in [0.1, 0.15) is 30.5 Å². The molecule has 0 aliphatic rings. The Labute approximate surface area is 156 Å². The van der Waals surface area contributed by atoms with Crippen LogP contribution in [0.25, 0.3) is 11.0 Å². The molecule has 0 unspecified atom stereocenters. The Hall–Kier alpha value is -3.15. The van der Waals surface area contributed by atoms with Crippen LogP contribution in [0.2, 0.25) is 0 Å². The molecule has 0 aliphatic carbocycles. The summed E-state index contributed by atoms with van der Waals surface area (Å²) in [6.45, 7) is 6.57. The first-order valence-corrected chi connectivity index (χ1v) is 8.77. The molecular formula is C21H21NO5. The number of aryl methyl sites for hydroxylation is 1. The molecule has 0 spiro atoms. The van der Waals surface area contributed by atoms with Crippen LogP contribution in [0.3, 0.4) is 0 Å². The largest absolute Gasteiger partial charge is 0.493 e. The van der Waals surface area contributed by atoms with E-state index in [9.17, 15) is 14.9 Å². The van der Waals surface area contributed by atoms with Gasteiger partial charge in [-0.05, 0) is 36.1 Å². The van der Waals surface area contributed by atoms with Crippen LogP contribution in [0.15, 0.2) is 51.7 Å². The first-order chi connectivity index (χ1) is 12.8. The van der Waals surface area contributed by atoms with Gasteiger partial charge in [0.25, 0.3) is 5.69 Å². The summed E-state index contributed by atoms with van der Waals surface area (Å²) in [5.41, 5.74) is 2.04. The zero-order valence-corrected chi connectivity index (χ0v) is 15.5. The van der Waals surface area contributed by atoms with E-state index >= 15 is 0 Å². The van der Waals surface area contributed by atoms with E-state index in [1.54, 1.807) is 18.2 Å². The maximum Gasteiger partial charge on any atom is 0.340 e. The highest BCUT2D eigenvalue weighted by molar-refractivity contribution is 5.82. The van der Waals surface area contributed by atoms with Crippen LogP contribution >= 0.6 is 0 Å². The van der Waals surface area contributed by atoms with E-state index in [-0.39, 0.29) is 12.1 Å². The van der Waals surface area contributed by atoms with Gasteiger partial charge in [0, 0.05) is 35.6 Å². The molecule has 0 bridgehead atoms. The van der Waals surface area contributed by atoms with E-state index in [2.05, 4.69) is 13.8 Å². The van der Waals surface area contributed by atoms with Crippen molar-refractivity contribution >= 4 is 16.7 Å². The average Bonchev–Trinajstić information content (AvgIpc) is 2.63. The quantitative estimate of drug-likeness (QED) is 0.360. The summed E-state index contributed by atoms with van der Waals surface area (Å²) in [6.07, 6.45) is 0.275. The molecule has 0 fully saturated rings. The lowest BCUT2D eigenvalue weighted by Crippen LogP contribution is -2.11. The summed E-state index contributed by atoms with van der Waals surface area (Å²) in [5, 5.41) is 11.8. The highest BCUT2D eigenvalue weighted by atomic mass is 16.6. The number of benzene rings is 2. The van der Waals surface area contributed by atoms with Crippen molar-refractivity contribution < 1.29 is 14.1 Å². The molecule has 0 N–H and O–H groups in total. The minimum Gasteiger partial charge on any atom is -0.493 e. The van der Waals surface area contributed by atoms with Crippen LogP contribution in [-0.2, 0) is 6.42 Å². The first kappa shape index (κ1) is 18.6. The predicted molar refractivity (Wildman–Crippen MR) is 103 cm³/mol. The molecule has 0 saturated heterocycles. The molecule has 0 saturated carbocycles. The van der Waals surface area contributed by atoms with Crippen molar-refractivity contribution in [3.8, 4) is 5.75 Å². The van der Waals surface area contributed by atoms with Gasteiger partial charge in [-0.15, -0.1) is 0 Å². The van der Waals surface area contributed by atoms with Gasteiger partial charge >= 0.3 is 5.63 Å². The lowest BCUT2D eigenvalue weighted by atomic mass is 9.99. The number of hydrogen-bond donors (Lipinski definition) is 0. The fourth-order valence-electron chi connectivity index (χ4n) is 2.92. The number of rotatable bonds is 6. The number of hydrogen-bond acceptors (Lipinski definition) is 5. The number of non-ortho nitro benzene ring substituents is 1. The Kier molecular flexibility index (Phi) is 5.26. The maximum absolute atomic E-state index is 12.5. The molecule has 6 heteroatoms. The predicted octanol–water partition coefficient (Wildman–Crippen LogP) is 4.64. The fourth-order valence-corrected chi connectivity index (χ4v) is 2.92. The van der Waals surface area contributed by atoms with Crippen molar-refractivity contribution in [2.75, 3.05) is 6.61 Å². The molecule has 27 heavy (non-hydrogen) atoms. The van der Waals surface area contributed by atoms with E-state index in [1.807, 2.05) is 19.1 Å². The maximum atomic E-state index is 12.5. The summed E-state index contributed by atoms with van der Waals surface area (Å²) < 4.78 is 11.2. The van der Waals surface area contributed by atoms with Crippen molar-refractivity contribution in [1.82, 2.24) is 0 Å². The third-order valence-electron chi connectivity index (χ3n) is 4.34. The Balaban J connectivity index is 1.97. The summed E-state index contributed by atoms with van der Waals surface area (Å²) in [4.78, 5) is 23.0. The zero-order chi connectivity index (χ0) is 19.6. The summed E-state index contributed by atoms with van der Waals surface area (Å²) >= 11 is 0. The minimum atomic E-state index is -0.447. The van der Waals surface area contributed by atoms with Gasteiger partial charge < -0.3 is 9.15 Å². The SMILES string of the molecule is Cc1c(Cc2cccc([N+](=O)[O-])c2)c(=O)oc2cc(OCC(C)C)ccc12. The Bertz CT molecular complexity index is 1050. The molecule has 0 radical (unpaired) electrons. The van der Waals surface area contributed by atoms with E-state index in [0.717, 1.165) is 10.9 Å². The lowest BCUT2D eigenvalue weighted by Gasteiger charge is -2.11. The van der Waals surface area contributed by atoms with E-state index in [0.29, 0.717) is 35.0 Å². The molecule has 0 amide bonds. The molecule has 2 aromatic carbocycles. The third-order valence-corrected chi connectivity index (χ3v) is 4.34. The second kappa shape index (κ2) is 7.61. The van der Waals surface area contributed by atoms with Crippen LogP contribution in [0.4, 0.5) is 5.69 Å². The number of nitrogens with zero attached hydrogens (tertiary/aromatic N) is 1. The fraction of sp³-hybridized carbons (Fsp3) is 0.286. The molecule has 0 aliphatic heterocycles. The Morgan fingerprint density at radius 2 is 1.96 bits per heavy atom. The minimum absolute atomic E-state index is 0.00210. The second-order valence-corrected chi connectivity index (χ2v) is 6.96. The highest BCUT2D eigenvalue weighted by Gasteiger charge is 2.14. The molecule has 140 valence electrons. The van der Waals surface area contributed by atoms with Gasteiger partial charge in [-0.25, -0.2) is 4.79 Å². The summed E-state index contributed by atoms with van der Waals surface area (Å²) in [6, 6.07) is 11.7. The van der Waals surface area contributed by atoms with E-state index in [1.165, 1.54) is 12.1 Å². The molecule has 6 nitrogen and oxygen atoms in total. The van der Waals surface area contributed by atoms with Crippen molar-refractivity contribution in [2.45, 2.75) is 27.2 Å². The zero-order valence-electron chi connectivity index (χ0n) is 15.5. The first-order valence-electron chi connectivity index (χ1n) is 8.77. The number of nitro benzene ring substituents is 1. The van der Waals surface area contributed by atoms with Gasteiger partial charge in [0.05, 0.1) is 11.5 Å². The standard InChI is InChI=1S/C21H21NO5/c1-13(2)12-26-17-7-8-18-14(3)19(21(23)27-20(18)11-17)10-15-5-4-6-16(9-15)22(24)25/h4-9,11,13H,10,12H2,1-3H3. The molecular weight excluding hydrogens is 346 g/mol. The number of nitro groups is 1. The normalized spacial score (nSPS) is 11.1. The van der Waals surface area contributed by atoms with Crippen LogP contribution in [0.5, 0.6) is 5.75 Å². The topological polar surface area (TPSA) is 82.6 Å². The van der Waals surface area contributed by atoms with Gasteiger partial charge in [0.2, 0.25) is 0 Å². The van der Waals surface area contributed by atoms with Crippen molar-refractivity contribution in [3.05, 3.63) is 79.7 Å².